The monoisotopic (exact) mass is 346 g/mol. The summed E-state index contributed by atoms with van der Waals surface area (Å²) in [5, 5.41) is 7.40. The van der Waals surface area contributed by atoms with Crippen LogP contribution in [0.3, 0.4) is 0 Å². The molecule has 0 spiro atoms. The molecule has 1 aromatic rings. The van der Waals surface area contributed by atoms with Gasteiger partial charge in [-0.2, -0.15) is 0 Å². The SMILES string of the molecule is CCC(Oc1cc(Cl)cc(Cl)c1)C(=O)NC(C)(C)C=NOC. The number of nitrogens with zero attached hydrogens (tertiary/aromatic N) is 1. The molecule has 0 aliphatic rings. The molecule has 1 unspecified atom stereocenters. The Balaban J connectivity index is 2.78. The van der Waals surface area contributed by atoms with Crippen LogP contribution in [0.15, 0.2) is 23.4 Å². The molecule has 0 saturated heterocycles. The molecule has 0 fully saturated rings. The van der Waals surface area contributed by atoms with Crippen LogP contribution in [0.5, 0.6) is 5.75 Å². The molecule has 1 rings (SSSR count). The van der Waals surface area contributed by atoms with E-state index in [2.05, 4.69) is 15.3 Å². The van der Waals surface area contributed by atoms with Gasteiger partial charge in [-0.15, -0.1) is 0 Å². The number of halogens is 2. The summed E-state index contributed by atoms with van der Waals surface area (Å²) in [7, 11) is 1.44. The number of hydrogen-bond acceptors (Lipinski definition) is 4. The molecule has 0 aliphatic carbocycles. The average molecular weight is 347 g/mol. The summed E-state index contributed by atoms with van der Waals surface area (Å²) in [6.45, 7) is 5.46. The van der Waals surface area contributed by atoms with E-state index in [0.29, 0.717) is 22.2 Å². The highest BCUT2D eigenvalue weighted by atomic mass is 35.5. The molecular formula is C15H20Cl2N2O3. The van der Waals surface area contributed by atoms with E-state index >= 15 is 0 Å². The number of nitrogens with one attached hydrogen (secondary N) is 1. The Morgan fingerprint density at radius 1 is 1.36 bits per heavy atom. The Kier molecular flexibility index (Phi) is 6.97. The van der Waals surface area contributed by atoms with Gasteiger partial charge in [0.05, 0.1) is 11.8 Å². The maximum atomic E-state index is 12.3. The molecular weight excluding hydrogens is 327 g/mol. The molecule has 0 heterocycles. The molecule has 122 valence electrons. The van der Waals surface area contributed by atoms with E-state index in [0.717, 1.165) is 0 Å². The predicted octanol–water partition coefficient (Wildman–Crippen LogP) is 3.68. The number of amides is 1. The van der Waals surface area contributed by atoms with Crippen LogP contribution in [0.1, 0.15) is 27.2 Å². The van der Waals surface area contributed by atoms with Crippen molar-refractivity contribution in [1.29, 1.82) is 0 Å². The lowest BCUT2D eigenvalue weighted by Crippen LogP contribution is -2.50. The van der Waals surface area contributed by atoms with E-state index in [1.807, 2.05) is 6.92 Å². The van der Waals surface area contributed by atoms with Crippen molar-refractivity contribution in [2.45, 2.75) is 38.8 Å². The summed E-state index contributed by atoms with van der Waals surface area (Å²) in [5.41, 5.74) is -0.657. The first kappa shape index (κ1) is 18.6. The van der Waals surface area contributed by atoms with Gasteiger partial charge in [0.2, 0.25) is 0 Å². The zero-order chi connectivity index (χ0) is 16.8. The van der Waals surface area contributed by atoms with Gasteiger partial charge in [0, 0.05) is 10.0 Å². The van der Waals surface area contributed by atoms with Crippen molar-refractivity contribution < 1.29 is 14.4 Å². The van der Waals surface area contributed by atoms with E-state index in [9.17, 15) is 4.79 Å². The lowest BCUT2D eigenvalue weighted by atomic mass is 10.1. The van der Waals surface area contributed by atoms with Crippen LogP contribution in [-0.2, 0) is 9.63 Å². The van der Waals surface area contributed by atoms with Crippen LogP contribution < -0.4 is 10.1 Å². The number of carbonyl (C=O) groups excluding carboxylic acids is 1. The first-order valence-electron chi connectivity index (χ1n) is 6.80. The molecule has 7 heteroatoms. The third-order valence-corrected chi connectivity index (χ3v) is 3.14. The maximum Gasteiger partial charge on any atom is 0.261 e. The molecule has 0 bridgehead atoms. The average Bonchev–Trinajstić information content (AvgIpc) is 2.41. The molecule has 0 radical (unpaired) electrons. The Hall–Kier alpha value is -1.46. The Bertz CT molecular complexity index is 527. The molecule has 0 aromatic heterocycles. The van der Waals surface area contributed by atoms with Crippen molar-refractivity contribution in [2.24, 2.45) is 5.16 Å². The number of benzene rings is 1. The normalized spacial score (nSPS) is 13.0. The van der Waals surface area contributed by atoms with Crippen LogP contribution in [-0.4, -0.2) is 30.9 Å². The van der Waals surface area contributed by atoms with E-state index in [1.54, 1.807) is 32.0 Å². The minimum absolute atomic E-state index is 0.258. The molecule has 1 N–H and O–H groups in total. The quantitative estimate of drug-likeness (QED) is 0.605. The topological polar surface area (TPSA) is 59.9 Å². The fraction of sp³-hybridized carbons (Fsp3) is 0.467. The fourth-order valence-corrected chi connectivity index (χ4v) is 2.20. The fourth-order valence-electron chi connectivity index (χ4n) is 1.70. The number of hydrogen-bond donors (Lipinski definition) is 1. The van der Waals surface area contributed by atoms with Crippen molar-refractivity contribution in [3.05, 3.63) is 28.2 Å². The van der Waals surface area contributed by atoms with Gasteiger partial charge in [0.25, 0.3) is 5.91 Å². The van der Waals surface area contributed by atoms with E-state index in [-0.39, 0.29) is 5.91 Å². The zero-order valence-electron chi connectivity index (χ0n) is 13.0. The Morgan fingerprint density at radius 2 is 1.95 bits per heavy atom. The number of rotatable bonds is 7. The van der Waals surface area contributed by atoms with Gasteiger partial charge in [-0.1, -0.05) is 35.3 Å². The van der Waals surface area contributed by atoms with Crippen LogP contribution >= 0.6 is 23.2 Å². The van der Waals surface area contributed by atoms with Gasteiger partial charge in [-0.25, -0.2) is 0 Å². The van der Waals surface area contributed by atoms with E-state index < -0.39 is 11.6 Å². The van der Waals surface area contributed by atoms with Gasteiger partial charge in [0.15, 0.2) is 6.10 Å². The van der Waals surface area contributed by atoms with Crippen molar-refractivity contribution >= 4 is 35.3 Å². The van der Waals surface area contributed by atoms with Crippen molar-refractivity contribution in [3.8, 4) is 5.75 Å². The summed E-state index contributed by atoms with van der Waals surface area (Å²) in [6.07, 6.45) is 1.34. The predicted molar refractivity (Wildman–Crippen MR) is 88.9 cm³/mol. The van der Waals surface area contributed by atoms with Gasteiger partial charge in [-0.05, 0) is 38.5 Å². The van der Waals surface area contributed by atoms with Gasteiger partial charge in [0.1, 0.15) is 12.9 Å². The first-order valence-corrected chi connectivity index (χ1v) is 7.55. The summed E-state index contributed by atoms with van der Waals surface area (Å²) in [5.74, 6) is 0.189. The van der Waals surface area contributed by atoms with Gasteiger partial charge in [-0.3, -0.25) is 4.79 Å². The third-order valence-electron chi connectivity index (χ3n) is 2.70. The Morgan fingerprint density at radius 3 is 2.45 bits per heavy atom. The largest absolute Gasteiger partial charge is 0.481 e. The highest BCUT2D eigenvalue weighted by molar-refractivity contribution is 6.34. The second kappa shape index (κ2) is 8.25. The number of ether oxygens (including phenoxy) is 1. The minimum Gasteiger partial charge on any atom is -0.481 e. The molecule has 5 nitrogen and oxygen atoms in total. The molecule has 22 heavy (non-hydrogen) atoms. The van der Waals surface area contributed by atoms with Crippen LogP contribution in [0.2, 0.25) is 10.0 Å². The van der Waals surface area contributed by atoms with E-state index in [4.69, 9.17) is 27.9 Å². The van der Waals surface area contributed by atoms with Gasteiger partial charge < -0.3 is 14.9 Å². The molecule has 1 aromatic carbocycles. The van der Waals surface area contributed by atoms with Crippen LogP contribution in [0.4, 0.5) is 0 Å². The van der Waals surface area contributed by atoms with Crippen molar-refractivity contribution in [2.75, 3.05) is 7.11 Å². The van der Waals surface area contributed by atoms with Crippen molar-refractivity contribution in [1.82, 2.24) is 5.32 Å². The molecule has 1 amide bonds. The zero-order valence-corrected chi connectivity index (χ0v) is 14.5. The second-order valence-corrected chi connectivity index (χ2v) is 6.12. The lowest BCUT2D eigenvalue weighted by Gasteiger charge is -2.25. The van der Waals surface area contributed by atoms with E-state index in [1.165, 1.54) is 13.3 Å². The highest BCUT2D eigenvalue weighted by Gasteiger charge is 2.25. The second-order valence-electron chi connectivity index (χ2n) is 5.25. The lowest BCUT2D eigenvalue weighted by molar-refractivity contribution is -0.129. The minimum atomic E-state index is -0.662. The Labute approximate surface area is 140 Å². The number of oxime groups is 1. The summed E-state index contributed by atoms with van der Waals surface area (Å²) in [4.78, 5) is 16.9. The smallest absolute Gasteiger partial charge is 0.261 e. The standard InChI is InChI=1S/C15H20Cl2N2O3/c1-5-13(14(20)19-15(2,3)9-18-21-4)22-12-7-10(16)6-11(17)8-12/h6-9,13H,5H2,1-4H3,(H,19,20). The summed E-state index contributed by atoms with van der Waals surface area (Å²) >= 11 is 11.8. The molecule has 0 aliphatic heterocycles. The van der Waals surface area contributed by atoms with Crippen LogP contribution in [0, 0.1) is 0 Å². The van der Waals surface area contributed by atoms with Crippen molar-refractivity contribution in [3.63, 3.8) is 0 Å². The highest BCUT2D eigenvalue weighted by Crippen LogP contribution is 2.25. The van der Waals surface area contributed by atoms with Crippen LogP contribution in [0.25, 0.3) is 0 Å². The third kappa shape index (κ3) is 6.12. The molecule has 1 atom stereocenters. The number of carbonyl (C=O) groups is 1. The maximum absolute atomic E-state index is 12.3. The summed E-state index contributed by atoms with van der Waals surface area (Å²) < 4.78 is 5.68. The summed E-state index contributed by atoms with van der Waals surface area (Å²) in [6, 6.07) is 4.82. The molecule has 0 saturated carbocycles. The first-order chi connectivity index (χ1) is 10.3. The van der Waals surface area contributed by atoms with Gasteiger partial charge >= 0.3 is 0 Å².